The van der Waals surface area contributed by atoms with Gasteiger partial charge in [-0.3, -0.25) is 19.4 Å². The topological polar surface area (TPSA) is 86.9 Å². The van der Waals surface area contributed by atoms with E-state index in [2.05, 4.69) is 34.1 Å². The number of aromatic nitrogens is 2. The molecule has 1 aromatic heterocycles. The van der Waals surface area contributed by atoms with Gasteiger partial charge in [-0.05, 0) is 75.4 Å². The Morgan fingerprint density at radius 3 is 2.16 bits per heavy atom. The third kappa shape index (κ3) is 13.5. The number of carbonyl (C=O) groups excluding carboxylic acids is 2. The highest BCUT2D eigenvalue weighted by molar-refractivity contribution is 7.97. The maximum absolute atomic E-state index is 14.6. The van der Waals surface area contributed by atoms with Crippen LogP contribution in [0.5, 0.6) is 0 Å². The minimum Gasteiger partial charge on any atom is -0.336 e. The fourth-order valence-corrected chi connectivity index (χ4v) is 5.12. The van der Waals surface area contributed by atoms with Crippen molar-refractivity contribution in [1.29, 1.82) is 0 Å². The van der Waals surface area contributed by atoms with Crippen molar-refractivity contribution in [2.24, 2.45) is 23.2 Å². The third-order valence-corrected chi connectivity index (χ3v) is 9.11. The fourth-order valence-electron chi connectivity index (χ4n) is 4.33. The highest BCUT2D eigenvalue weighted by Gasteiger charge is 2.30. The van der Waals surface area contributed by atoms with Crippen LogP contribution in [-0.2, 0) is 16.1 Å². The molecule has 0 saturated heterocycles. The van der Waals surface area contributed by atoms with Gasteiger partial charge in [-0.25, -0.2) is 4.39 Å². The number of anilines is 2. The zero-order chi connectivity index (χ0) is 33.3. The van der Waals surface area contributed by atoms with E-state index in [4.69, 9.17) is 0 Å². The maximum atomic E-state index is 14.6. The Bertz CT molecular complexity index is 1100. The summed E-state index contributed by atoms with van der Waals surface area (Å²) in [4.78, 5) is 21.8. The Hall–Kier alpha value is -2.19. The second-order valence-corrected chi connectivity index (χ2v) is 13.0. The lowest BCUT2D eigenvalue weighted by Crippen LogP contribution is -2.15. The Labute approximate surface area is 266 Å². The number of ketones is 2. The van der Waals surface area contributed by atoms with Gasteiger partial charge in [-0.15, -0.1) is 0 Å². The number of nitrogens with one attached hydrogen (secondary N) is 3. The summed E-state index contributed by atoms with van der Waals surface area (Å²) in [7, 11) is 0. The van der Waals surface area contributed by atoms with Crippen molar-refractivity contribution in [3.63, 3.8) is 0 Å². The molecule has 1 fully saturated rings. The molecule has 0 amide bonds. The first-order chi connectivity index (χ1) is 20.3. The molecule has 2 heterocycles. The normalized spacial score (nSPS) is 18.1. The predicted molar refractivity (Wildman–Crippen MR) is 183 cm³/mol. The standard InChI is InChI=1S/C19H25FN4S.2C6H12O.2C2H6/c1-3-11(2)12-4-5-13(8-12)16-9-18(24-23-16)22-15-6-7-17-14(19(15)20)10-21-25-17;1-5(7)6(2,3)4;1-4-5(2)6(3)7;2*1-2/h6-7,9,11-13,21H,3-5,8,10H2,1-2H3,(H2,22,23,24);1-4H3;5H,4H2,1-3H3;2*1-2H3. The molecule has 43 heavy (non-hydrogen) atoms. The highest BCUT2D eigenvalue weighted by Crippen LogP contribution is 2.42. The first-order valence-electron chi connectivity index (χ1n) is 16.3. The van der Waals surface area contributed by atoms with E-state index < -0.39 is 0 Å². The van der Waals surface area contributed by atoms with Crippen LogP contribution in [0.25, 0.3) is 0 Å². The summed E-state index contributed by atoms with van der Waals surface area (Å²) in [5, 5.41) is 10.7. The maximum Gasteiger partial charge on any atom is 0.152 e. The van der Waals surface area contributed by atoms with Crippen molar-refractivity contribution in [2.45, 2.75) is 139 Å². The Morgan fingerprint density at radius 2 is 1.67 bits per heavy atom. The molecule has 4 unspecified atom stereocenters. The summed E-state index contributed by atoms with van der Waals surface area (Å²) in [6, 6.07) is 5.78. The first kappa shape index (κ1) is 40.8. The van der Waals surface area contributed by atoms with Crippen LogP contribution in [0.4, 0.5) is 15.9 Å². The Morgan fingerprint density at radius 1 is 1.07 bits per heavy atom. The molecule has 0 radical (unpaired) electrons. The van der Waals surface area contributed by atoms with Gasteiger partial charge in [0.25, 0.3) is 0 Å². The molecular formula is C35H61FN4O2S. The molecule has 4 rings (SSSR count). The van der Waals surface area contributed by atoms with E-state index in [1.165, 1.54) is 43.3 Å². The van der Waals surface area contributed by atoms with E-state index in [-0.39, 0.29) is 22.9 Å². The van der Waals surface area contributed by atoms with Gasteiger partial charge in [-0.2, -0.15) is 5.10 Å². The van der Waals surface area contributed by atoms with Crippen LogP contribution in [0, 0.1) is 29.0 Å². The number of fused-ring (bicyclic) bond motifs is 1. The minimum atomic E-state index is -0.183. The van der Waals surface area contributed by atoms with Crippen molar-refractivity contribution >= 4 is 35.0 Å². The SMILES string of the molecule is CC.CC.CC(=O)C(C)(C)C.CCC(C)C(C)=O.CCC(C)C1CCC(c2cc(Nc3ccc4c(c3F)CNS4)n[nH]2)C1. The summed E-state index contributed by atoms with van der Waals surface area (Å²) in [5.74, 6) is 3.46. The monoisotopic (exact) mass is 620 g/mol. The number of carbonyl (C=O) groups is 2. The van der Waals surface area contributed by atoms with Gasteiger partial charge < -0.3 is 5.32 Å². The molecule has 246 valence electrons. The smallest absolute Gasteiger partial charge is 0.152 e. The fraction of sp³-hybridized carbons (Fsp3) is 0.686. The molecular weight excluding hydrogens is 559 g/mol. The Balaban J connectivity index is 0.000000814. The van der Waals surface area contributed by atoms with Crippen LogP contribution in [0.15, 0.2) is 23.1 Å². The second kappa shape index (κ2) is 20.7. The molecule has 8 heteroatoms. The average Bonchev–Trinajstić information content (AvgIpc) is 3.77. The van der Waals surface area contributed by atoms with E-state index in [1.54, 1.807) is 19.9 Å². The summed E-state index contributed by atoms with van der Waals surface area (Å²) >= 11 is 1.48. The van der Waals surface area contributed by atoms with Crippen molar-refractivity contribution in [1.82, 2.24) is 14.9 Å². The molecule has 3 N–H and O–H groups in total. The second-order valence-electron chi connectivity index (χ2n) is 12.0. The van der Waals surface area contributed by atoms with Crippen LogP contribution < -0.4 is 10.0 Å². The largest absolute Gasteiger partial charge is 0.336 e. The van der Waals surface area contributed by atoms with Crippen LogP contribution in [-0.4, -0.2) is 21.8 Å². The molecule has 1 saturated carbocycles. The van der Waals surface area contributed by atoms with E-state index in [0.29, 0.717) is 29.8 Å². The van der Waals surface area contributed by atoms with Gasteiger partial charge in [0.2, 0.25) is 0 Å². The number of hydrogen-bond donors (Lipinski definition) is 3. The summed E-state index contributed by atoms with van der Waals surface area (Å²) in [6.45, 7) is 26.1. The highest BCUT2D eigenvalue weighted by atomic mass is 32.2. The van der Waals surface area contributed by atoms with Crippen molar-refractivity contribution in [3.8, 4) is 0 Å². The number of hydrogen-bond acceptors (Lipinski definition) is 6. The lowest BCUT2D eigenvalue weighted by atomic mass is 9.89. The Kier molecular flexibility index (Phi) is 19.7. The average molecular weight is 621 g/mol. The van der Waals surface area contributed by atoms with Crippen LogP contribution in [0.2, 0.25) is 0 Å². The van der Waals surface area contributed by atoms with E-state index in [0.717, 1.165) is 28.7 Å². The number of H-pyrrole nitrogens is 1. The number of halogens is 1. The lowest BCUT2D eigenvalue weighted by molar-refractivity contribution is -0.124. The van der Waals surface area contributed by atoms with Gasteiger partial charge in [0, 0.05) is 46.0 Å². The van der Waals surface area contributed by atoms with Gasteiger partial charge >= 0.3 is 0 Å². The number of Topliss-reactive ketones (excluding diaryl/α,β-unsaturated/α-hetero) is 2. The minimum absolute atomic E-state index is 0.139. The quantitative estimate of drug-likeness (QED) is 0.267. The molecule has 1 aliphatic carbocycles. The van der Waals surface area contributed by atoms with E-state index in [9.17, 15) is 14.0 Å². The summed E-state index contributed by atoms with van der Waals surface area (Å²) in [5.41, 5.74) is 2.26. The molecule has 2 aliphatic rings. The molecule has 1 aromatic carbocycles. The van der Waals surface area contributed by atoms with Gasteiger partial charge in [0.1, 0.15) is 11.6 Å². The van der Waals surface area contributed by atoms with Gasteiger partial charge in [0.05, 0.1) is 5.69 Å². The van der Waals surface area contributed by atoms with Crippen molar-refractivity contribution in [2.75, 3.05) is 5.32 Å². The molecule has 0 bridgehead atoms. The summed E-state index contributed by atoms with van der Waals surface area (Å²) < 4.78 is 17.7. The lowest BCUT2D eigenvalue weighted by Gasteiger charge is -2.16. The van der Waals surface area contributed by atoms with Crippen LogP contribution >= 0.6 is 11.9 Å². The zero-order valence-corrected chi connectivity index (χ0v) is 30.2. The van der Waals surface area contributed by atoms with Crippen LogP contribution in [0.1, 0.15) is 139 Å². The van der Waals surface area contributed by atoms with Crippen LogP contribution in [0.3, 0.4) is 0 Å². The third-order valence-electron chi connectivity index (χ3n) is 8.22. The number of aromatic amines is 1. The van der Waals surface area contributed by atoms with Crippen molar-refractivity contribution in [3.05, 3.63) is 35.3 Å². The number of nitrogens with zero attached hydrogens (tertiary/aromatic N) is 1. The molecule has 4 atom stereocenters. The summed E-state index contributed by atoms with van der Waals surface area (Å²) in [6.07, 6.45) is 5.96. The van der Waals surface area contributed by atoms with Gasteiger partial charge in [0.15, 0.2) is 11.6 Å². The number of benzene rings is 1. The molecule has 2 aromatic rings. The first-order valence-corrected chi connectivity index (χ1v) is 17.1. The van der Waals surface area contributed by atoms with Gasteiger partial charge in [-0.1, -0.05) is 82.6 Å². The molecule has 0 spiro atoms. The molecule has 6 nitrogen and oxygen atoms in total. The number of rotatable bonds is 7. The van der Waals surface area contributed by atoms with Crippen molar-refractivity contribution < 1.29 is 14.0 Å². The molecule has 1 aliphatic heterocycles. The zero-order valence-electron chi connectivity index (χ0n) is 29.3. The van der Waals surface area contributed by atoms with E-state index >= 15 is 0 Å². The predicted octanol–water partition coefficient (Wildman–Crippen LogP) is 10.6. The van der Waals surface area contributed by atoms with E-state index in [1.807, 2.05) is 74.4 Å².